The number of fused-ring (bicyclic) bond motifs is 9. The van der Waals surface area contributed by atoms with Crippen molar-refractivity contribution in [1.82, 2.24) is 34.1 Å². The Morgan fingerprint density at radius 2 is 1.74 bits per heavy atom. The smallest absolute Gasteiger partial charge is 0.387 e. The number of carbonyl (C=O) groups excluding carboxylic acids is 1. The highest BCUT2D eigenvalue weighted by molar-refractivity contribution is 5.98. The molecule has 0 radical (unpaired) electrons. The molecule has 4 aromatic rings. The van der Waals surface area contributed by atoms with E-state index >= 15 is 0 Å². The van der Waals surface area contributed by atoms with Gasteiger partial charge in [-0.2, -0.15) is 8.78 Å². The van der Waals surface area contributed by atoms with E-state index in [4.69, 9.17) is 9.72 Å². The predicted octanol–water partition coefficient (Wildman–Crippen LogP) is 3.20. The average molecular weight is 533 g/mol. The fourth-order valence-electron chi connectivity index (χ4n) is 6.01. The van der Waals surface area contributed by atoms with Gasteiger partial charge in [0.2, 0.25) is 11.7 Å². The van der Waals surface area contributed by atoms with Crippen LogP contribution in [0.2, 0.25) is 0 Å². The van der Waals surface area contributed by atoms with Crippen LogP contribution in [0.4, 0.5) is 14.7 Å². The molecule has 1 fully saturated rings. The van der Waals surface area contributed by atoms with Gasteiger partial charge in [-0.05, 0) is 25.6 Å². The lowest BCUT2D eigenvalue weighted by Crippen LogP contribution is -2.45. The second-order valence-corrected chi connectivity index (χ2v) is 10.3. The second-order valence-electron chi connectivity index (χ2n) is 10.3. The van der Waals surface area contributed by atoms with Crippen molar-refractivity contribution in [3.05, 3.63) is 65.5 Å². The van der Waals surface area contributed by atoms with E-state index in [2.05, 4.69) is 31.8 Å². The van der Waals surface area contributed by atoms with E-state index in [1.54, 1.807) is 42.7 Å². The van der Waals surface area contributed by atoms with Crippen LogP contribution in [0.5, 0.6) is 5.75 Å². The molecule has 10 nitrogen and oxygen atoms in total. The average Bonchev–Trinajstić information content (AvgIpc) is 3.46. The number of likely N-dealkylation sites (N-methyl/N-ethyl adjacent to an activating group) is 1. The molecule has 39 heavy (non-hydrogen) atoms. The van der Waals surface area contributed by atoms with Crippen LogP contribution >= 0.6 is 0 Å². The molecule has 2 bridgehead atoms. The largest absolute Gasteiger partial charge is 0.434 e. The Balaban J connectivity index is 1.31. The van der Waals surface area contributed by atoms with Gasteiger partial charge >= 0.3 is 6.61 Å². The minimum absolute atomic E-state index is 0.00899. The molecule has 3 aromatic heterocycles. The number of piperazine rings is 1. The number of imidazole rings is 1. The normalized spacial score (nSPS) is 20.9. The fraction of sp³-hybridized carbons (Fsp3) is 0.370. The summed E-state index contributed by atoms with van der Waals surface area (Å²) in [7, 11) is 3.82. The summed E-state index contributed by atoms with van der Waals surface area (Å²) in [5.74, 6) is 0.572. The summed E-state index contributed by atoms with van der Waals surface area (Å²) in [6.45, 7) is 0.681. The summed E-state index contributed by atoms with van der Waals surface area (Å²) in [6.07, 6.45) is 7.76. The number of carbonyl (C=O) groups is 1. The first-order chi connectivity index (χ1) is 18.9. The molecule has 12 heteroatoms. The lowest BCUT2D eigenvalue weighted by molar-refractivity contribution is -0.0506. The van der Waals surface area contributed by atoms with Gasteiger partial charge in [0.1, 0.15) is 5.75 Å². The molecule has 0 N–H and O–H groups in total. The fourth-order valence-corrected chi connectivity index (χ4v) is 6.01. The van der Waals surface area contributed by atoms with Crippen molar-refractivity contribution in [3.8, 4) is 16.9 Å². The maximum atomic E-state index is 13.3. The number of aromatic nitrogens is 5. The Morgan fingerprint density at radius 3 is 2.49 bits per heavy atom. The van der Waals surface area contributed by atoms with E-state index in [1.807, 2.05) is 10.6 Å². The molecule has 0 saturated carbocycles. The van der Waals surface area contributed by atoms with Gasteiger partial charge in [-0.1, -0.05) is 6.07 Å². The molecule has 2 aliphatic heterocycles. The summed E-state index contributed by atoms with van der Waals surface area (Å²) in [5, 5.41) is 0. The van der Waals surface area contributed by atoms with Crippen molar-refractivity contribution in [2.45, 2.75) is 25.0 Å². The molecule has 0 spiro atoms. The maximum absolute atomic E-state index is 13.3. The third-order valence-electron chi connectivity index (χ3n) is 8.06. The van der Waals surface area contributed by atoms with Gasteiger partial charge in [0, 0.05) is 86.2 Å². The molecular formula is C27H26F2N8O2. The van der Waals surface area contributed by atoms with E-state index in [0.717, 1.165) is 48.7 Å². The van der Waals surface area contributed by atoms with Crippen molar-refractivity contribution in [2.24, 2.45) is 0 Å². The first kappa shape index (κ1) is 23.9. The molecular weight excluding hydrogens is 506 g/mol. The second kappa shape index (κ2) is 8.94. The van der Waals surface area contributed by atoms with Crippen LogP contribution in [0.25, 0.3) is 16.9 Å². The van der Waals surface area contributed by atoms with Gasteiger partial charge in [-0.25, -0.2) is 19.9 Å². The molecule has 3 aliphatic rings. The summed E-state index contributed by atoms with van der Waals surface area (Å²) < 4.78 is 33.5. The third-order valence-corrected chi connectivity index (χ3v) is 8.06. The van der Waals surface area contributed by atoms with Crippen molar-refractivity contribution in [2.75, 3.05) is 45.2 Å². The van der Waals surface area contributed by atoms with Crippen molar-refractivity contribution in [1.29, 1.82) is 0 Å². The Morgan fingerprint density at radius 1 is 1.00 bits per heavy atom. The molecule has 1 amide bonds. The molecule has 2 atom stereocenters. The Bertz CT molecular complexity index is 1580. The SMILES string of the molecule is CN1CCN(c2ncc(-c3cnc4nc5c(n4c3)C3CC5N(C)C(=O)c4cccc(OC(F)F)c43)cn2)CC1. The molecule has 5 heterocycles. The number of benzene rings is 1. The number of rotatable bonds is 4. The van der Waals surface area contributed by atoms with E-state index in [-0.39, 0.29) is 23.6 Å². The summed E-state index contributed by atoms with van der Waals surface area (Å²) in [4.78, 5) is 38.0. The van der Waals surface area contributed by atoms with Crippen molar-refractivity contribution >= 4 is 17.6 Å². The summed E-state index contributed by atoms with van der Waals surface area (Å²) in [5.41, 5.74) is 3.97. The van der Waals surface area contributed by atoms with Gasteiger partial charge in [0.05, 0.1) is 17.4 Å². The number of amides is 1. The molecule has 7 rings (SSSR count). The maximum Gasteiger partial charge on any atom is 0.387 e. The topological polar surface area (TPSA) is 92.0 Å². The number of ether oxygens (including phenoxy) is 1. The zero-order valence-corrected chi connectivity index (χ0v) is 21.5. The third kappa shape index (κ3) is 3.81. The number of alkyl halides is 2. The summed E-state index contributed by atoms with van der Waals surface area (Å²) in [6, 6.07) is 4.42. The monoisotopic (exact) mass is 532 g/mol. The zero-order valence-electron chi connectivity index (χ0n) is 21.5. The summed E-state index contributed by atoms with van der Waals surface area (Å²) >= 11 is 0. The standard InChI is InChI=1S/C27H26F2N8O2/c1-34-6-8-36(9-7-34)26-30-11-15(12-31-26)16-13-32-27-33-22-19-10-18(23(22)37(27)14-16)21-17(24(38)35(19)2)4-3-5-20(21)39-25(28)29/h3-5,11-14,18-19,25H,6-10H2,1-2H3. The minimum Gasteiger partial charge on any atom is -0.434 e. The quantitative estimate of drug-likeness (QED) is 0.396. The highest BCUT2D eigenvalue weighted by Gasteiger charge is 2.46. The number of nitrogens with zero attached hydrogens (tertiary/aromatic N) is 8. The Kier molecular flexibility index (Phi) is 5.48. The highest BCUT2D eigenvalue weighted by atomic mass is 19.3. The lowest BCUT2D eigenvalue weighted by atomic mass is 9.91. The molecule has 1 aliphatic carbocycles. The van der Waals surface area contributed by atoms with E-state index < -0.39 is 6.61 Å². The minimum atomic E-state index is -3.01. The van der Waals surface area contributed by atoms with Crippen molar-refractivity contribution < 1.29 is 18.3 Å². The molecule has 2 unspecified atom stereocenters. The van der Waals surface area contributed by atoms with Crippen LogP contribution in [0, 0.1) is 0 Å². The van der Waals surface area contributed by atoms with E-state index in [1.165, 1.54) is 6.07 Å². The van der Waals surface area contributed by atoms with Crippen LogP contribution in [0.1, 0.15) is 45.7 Å². The van der Waals surface area contributed by atoms with Gasteiger partial charge in [0.15, 0.2) is 0 Å². The molecule has 200 valence electrons. The Hall–Kier alpha value is -4.19. The van der Waals surface area contributed by atoms with Crippen LogP contribution < -0.4 is 9.64 Å². The van der Waals surface area contributed by atoms with Crippen LogP contribution in [-0.4, -0.2) is 86.9 Å². The highest BCUT2D eigenvalue weighted by Crippen LogP contribution is 2.52. The van der Waals surface area contributed by atoms with Crippen molar-refractivity contribution in [3.63, 3.8) is 0 Å². The van der Waals surface area contributed by atoms with Gasteiger partial charge in [0.25, 0.3) is 5.91 Å². The first-order valence-corrected chi connectivity index (χ1v) is 12.9. The van der Waals surface area contributed by atoms with Gasteiger partial charge < -0.3 is 19.4 Å². The van der Waals surface area contributed by atoms with E-state index in [9.17, 15) is 13.6 Å². The van der Waals surface area contributed by atoms with Crippen LogP contribution in [-0.2, 0) is 0 Å². The van der Waals surface area contributed by atoms with Gasteiger partial charge in [-0.3, -0.25) is 9.20 Å². The van der Waals surface area contributed by atoms with Crippen LogP contribution in [0.3, 0.4) is 0 Å². The zero-order chi connectivity index (χ0) is 26.8. The molecule has 1 saturated heterocycles. The number of halogens is 2. The Labute approximate surface area is 222 Å². The van der Waals surface area contributed by atoms with Gasteiger partial charge in [-0.15, -0.1) is 0 Å². The predicted molar refractivity (Wildman–Crippen MR) is 138 cm³/mol. The van der Waals surface area contributed by atoms with E-state index in [0.29, 0.717) is 29.3 Å². The number of anilines is 1. The van der Waals surface area contributed by atoms with Crippen LogP contribution in [0.15, 0.2) is 43.0 Å². The first-order valence-electron chi connectivity index (χ1n) is 12.9. The number of hydrogen-bond acceptors (Lipinski definition) is 8. The number of hydrogen-bond donors (Lipinski definition) is 0. The lowest BCUT2D eigenvalue weighted by Gasteiger charge is -2.32. The molecule has 1 aromatic carbocycles.